The molecule has 1 aliphatic heterocycles. The molecule has 0 aromatic heterocycles. The lowest BCUT2D eigenvalue weighted by molar-refractivity contribution is -0.117. The van der Waals surface area contributed by atoms with Gasteiger partial charge in [-0.3, -0.25) is 9.59 Å². The average molecular weight is 387 g/mol. The highest BCUT2D eigenvalue weighted by Gasteiger charge is 2.23. The summed E-state index contributed by atoms with van der Waals surface area (Å²) >= 11 is 0. The Morgan fingerprint density at radius 1 is 1.15 bits per heavy atom. The van der Waals surface area contributed by atoms with Gasteiger partial charge in [-0.05, 0) is 62.4 Å². The van der Waals surface area contributed by atoms with Gasteiger partial charge in [0.05, 0.1) is 4.90 Å². The Kier molecular flexibility index (Phi) is 5.29. The highest BCUT2D eigenvalue weighted by molar-refractivity contribution is 7.89. The second-order valence-electron chi connectivity index (χ2n) is 6.34. The third kappa shape index (κ3) is 4.01. The fourth-order valence-corrected chi connectivity index (χ4v) is 3.84. The van der Waals surface area contributed by atoms with Crippen molar-refractivity contribution in [1.29, 1.82) is 0 Å². The Bertz CT molecular complexity index is 1000. The molecule has 0 bridgehead atoms. The molecule has 3 rings (SSSR count). The maximum atomic E-state index is 12.5. The van der Waals surface area contributed by atoms with Crippen molar-refractivity contribution in [3.63, 3.8) is 0 Å². The SMILES string of the molecule is CNS(=O)(=O)c1cccc(C(=O)Nc2ccc(N3CCCC3=O)c(C)c2)c1. The third-order valence-electron chi connectivity index (χ3n) is 4.49. The van der Waals surface area contributed by atoms with Crippen LogP contribution in [0.5, 0.6) is 0 Å². The van der Waals surface area contributed by atoms with Crippen molar-refractivity contribution in [2.75, 3.05) is 23.8 Å². The largest absolute Gasteiger partial charge is 0.322 e. The molecule has 0 spiro atoms. The summed E-state index contributed by atoms with van der Waals surface area (Å²) in [6.45, 7) is 2.59. The van der Waals surface area contributed by atoms with Crippen LogP contribution in [0.3, 0.4) is 0 Å². The molecule has 0 radical (unpaired) electrons. The van der Waals surface area contributed by atoms with E-state index in [9.17, 15) is 18.0 Å². The van der Waals surface area contributed by atoms with E-state index in [1.54, 1.807) is 23.1 Å². The molecule has 0 unspecified atom stereocenters. The molecule has 7 nitrogen and oxygen atoms in total. The number of anilines is 2. The second kappa shape index (κ2) is 7.50. The molecule has 8 heteroatoms. The van der Waals surface area contributed by atoms with Gasteiger partial charge in [-0.2, -0.15) is 0 Å². The number of nitrogens with zero attached hydrogens (tertiary/aromatic N) is 1. The Hall–Kier alpha value is -2.71. The molecule has 0 aliphatic carbocycles. The first-order chi connectivity index (χ1) is 12.8. The lowest BCUT2D eigenvalue weighted by Crippen LogP contribution is -2.24. The quantitative estimate of drug-likeness (QED) is 0.823. The average Bonchev–Trinajstić information content (AvgIpc) is 3.07. The lowest BCUT2D eigenvalue weighted by Gasteiger charge is -2.19. The zero-order chi connectivity index (χ0) is 19.6. The van der Waals surface area contributed by atoms with E-state index in [1.807, 2.05) is 13.0 Å². The van der Waals surface area contributed by atoms with E-state index in [2.05, 4.69) is 10.0 Å². The smallest absolute Gasteiger partial charge is 0.255 e. The van der Waals surface area contributed by atoms with Gasteiger partial charge in [0.15, 0.2) is 0 Å². The number of benzene rings is 2. The van der Waals surface area contributed by atoms with Crippen LogP contribution in [0.2, 0.25) is 0 Å². The highest BCUT2D eigenvalue weighted by atomic mass is 32.2. The maximum absolute atomic E-state index is 12.5. The third-order valence-corrected chi connectivity index (χ3v) is 5.91. The molecule has 1 fully saturated rings. The van der Waals surface area contributed by atoms with Gasteiger partial charge in [0.1, 0.15) is 0 Å². The van der Waals surface area contributed by atoms with Crippen LogP contribution in [0.4, 0.5) is 11.4 Å². The van der Waals surface area contributed by atoms with Crippen molar-refractivity contribution in [1.82, 2.24) is 4.72 Å². The molecule has 142 valence electrons. The van der Waals surface area contributed by atoms with Crippen molar-refractivity contribution in [2.45, 2.75) is 24.7 Å². The first-order valence-electron chi connectivity index (χ1n) is 8.58. The fourth-order valence-electron chi connectivity index (χ4n) is 3.06. The highest BCUT2D eigenvalue weighted by Crippen LogP contribution is 2.27. The molecule has 0 saturated carbocycles. The number of carbonyl (C=O) groups is 2. The molecular formula is C19H21N3O4S. The Morgan fingerprint density at radius 2 is 1.93 bits per heavy atom. The van der Waals surface area contributed by atoms with E-state index in [-0.39, 0.29) is 16.4 Å². The topological polar surface area (TPSA) is 95.6 Å². The number of hydrogen-bond acceptors (Lipinski definition) is 4. The summed E-state index contributed by atoms with van der Waals surface area (Å²) in [5.74, 6) is -0.301. The summed E-state index contributed by atoms with van der Waals surface area (Å²) in [5.41, 5.74) is 2.55. The van der Waals surface area contributed by atoms with Crippen LogP contribution in [0.25, 0.3) is 0 Å². The summed E-state index contributed by atoms with van der Waals surface area (Å²) in [6, 6.07) is 11.2. The number of aryl methyl sites for hydroxylation is 1. The number of sulfonamides is 1. The predicted octanol–water partition coefficient (Wildman–Crippen LogP) is 2.28. The number of hydrogen-bond donors (Lipinski definition) is 2. The predicted molar refractivity (Wildman–Crippen MR) is 103 cm³/mol. The van der Waals surface area contributed by atoms with Crippen molar-refractivity contribution in [2.24, 2.45) is 0 Å². The molecule has 2 amide bonds. The van der Waals surface area contributed by atoms with Gasteiger partial charge in [0.25, 0.3) is 5.91 Å². The van der Waals surface area contributed by atoms with Crippen LogP contribution < -0.4 is 14.9 Å². The van der Waals surface area contributed by atoms with E-state index in [0.717, 1.165) is 17.7 Å². The van der Waals surface area contributed by atoms with Crippen LogP contribution in [-0.2, 0) is 14.8 Å². The van der Waals surface area contributed by atoms with Gasteiger partial charge >= 0.3 is 0 Å². The van der Waals surface area contributed by atoms with E-state index in [1.165, 1.54) is 25.2 Å². The normalized spacial score (nSPS) is 14.4. The second-order valence-corrected chi connectivity index (χ2v) is 8.23. The lowest BCUT2D eigenvalue weighted by atomic mass is 10.1. The van der Waals surface area contributed by atoms with Gasteiger partial charge in [-0.1, -0.05) is 6.07 Å². The molecule has 27 heavy (non-hydrogen) atoms. The van der Waals surface area contributed by atoms with Crippen molar-refractivity contribution < 1.29 is 18.0 Å². The van der Waals surface area contributed by atoms with Crippen LogP contribution >= 0.6 is 0 Å². The van der Waals surface area contributed by atoms with Gasteiger partial charge in [0, 0.05) is 29.9 Å². The van der Waals surface area contributed by atoms with E-state index >= 15 is 0 Å². The zero-order valence-electron chi connectivity index (χ0n) is 15.2. The summed E-state index contributed by atoms with van der Waals surface area (Å²) < 4.78 is 26.0. The Balaban J connectivity index is 1.80. The molecule has 2 N–H and O–H groups in total. The van der Waals surface area contributed by atoms with Gasteiger partial charge in [-0.15, -0.1) is 0 Å². The summed E-state index contributed by atoms with van der Waals surface area (Å²) in [7, 11) is -2.30. The minimum absolute atomic E-state index is 0.0247. The van der Waals surface area contributed by atoms with Crippen molar-refractivity contribution in [3.8, 4) is 0 Å². The molecule has 1 aliphatic rings. The molecule has 0 atom stereocenters. The van der Waals surface area contributed by atoms with Crippen LogP contribution in [-0.4, -0.2) is 33.8 Å². The molecule has 1 heterocycles. The monoisotopic (exact) mass is 387 g/mol. The van der Waals surface area contributed by atoms with Crippen LogP contribution in [0, 0.1) is 6.92 Å². The van der Waals surface area contributed by atoms with E-state index in [0.29, 0.717) is 18.7 Å². The molecule has 1 saturated heterocycles. The first-order valence-corrected chi connectivity index (χ1v) is 10.1. The Labute approximate surface area is 158 Å². The number of amides is 2. The molecular weight excluding hydrogens is 366 g/mol. The Morgan fingerprint density at radius 3 is 2.56 bits per heavy atom. The van der Waals surface area contributed by atoms with E-state index < -0.39 is 15.9 Å². The van der Waals surface area contributed by atoms with Gasteiger partial charge in [0.2, 0.25) is 15.9 Å². The van der Waals surface area contributed by atoms with Crippen LogP contribution in [0.1, 0.15) is 28.8 Å². The standard InChI is InChI=1S/C19H21N3O4S/c1-13-11-15(8-9-17(13)22-10-4-7-18(22)23)21-19(24)14-5-3-6-16(12-14)27(25,26)20-2/h3,5-6,8-9,11-12,20H,4,7,10H2,1-2H3,(H,21,24). The number of nitrogens with one attached hydrogen (secondary N) is 2. The zero-order valence-corrected chi connectivity index (χ0v) is 16.0. The molecule has 2 aromatic rings. The van der Waals surface area contributed by atoms with Crippen LogP contribution in [0.15, 0.2) is 47.4 Å². The van der Waals surface area contributed by atoms with Crippen molar-refractivity contribution >= 4 is 33.2 Å². The maximum Gasteiger partial charge on any atom is 0.255 e. The minimum atomic E-state index is -3.62. The summed E-state index contributed by atoms with van der Waals surface area (Å²) in [6.07, 6.45) is 1.41. The minimum Gasteiger partial charge on any atom is -0.322 e. The number of carbonyl (C=O) groups excluding carboxylic acids is 2. The van der Waals surface area contributed by atoms with Gasteiger partial charge in [-0.25, -0.2) is 13.1 Å². The van der Waals surface area contributed by atoms with Crippen molar-refractivity contribution in [3.05, 3.63) is 53.6 Å². The van der Waals surface area contributed by atoms with E-state index in [4.69, 9.17) is 0 Å². The first kappa shape index (κ1) is 19.1. The fraction of sp³-hybridized carbons (Fsp3) is 0.263. The number of rotatable bonds is 5. The summed E-state index contributed by atoms with van der Waals surface area (Å²) in [4.78, 5) is 26.2. The van der Waals surface area contributed by atoms with Gasteiger partial charge < -0.3 is 10.2 Å². The molecule has 2 aromatic carbocycles. The summed E-state index contributed by atoms with van der Waals surface area (Å²) in [5, 5.41) is 2.77.